The molecule has 2 aliphatic heterocycles. The average Bonchev–Trinajstić information content (AvgIpc) is 2.87. The molecule has 0 saturated carbocycles. The molecule has 1 aromatic carbocycles. The van der Waals surface area contributed by atoms with E-state index in [2.05, 4.69) is 18.7 Å². The summed E-state index contributed by atoms with van der Waals surface area (Å²) in [6, 6.07) is 11.0. The molecule has 0 aromatic heterocycles. The van der Waals surface area contributed by atoms with Gasteiger partial charge in [-0.05, 0) is 32.3 Å². The van der Waals surface area contributed by atoms with E-state index in [4.69, 9.17) is 9.47 Å². The molecule has 0 spiro atoms. The number of carbonyl (C=O) groups is 2. The van der Waals surface area contributed by atoms with Crippen molar-refractivity contribution in [3.8, 4) is 0 Å². The summed E-state index contributed by atoms with van der Waals surface area (Å²) < 4.78 is 11.0. The van der Waals surface area contributed by atoms with E-state index >= 15 is 0 Å². The van der Waals surface area contributed by atoms with Crippen LogP contribution in [-0.4, -0.2) is 47.7 Å². The average molecular weight is 359 g/mol. The predicted octanol–water partition coefficient (Wildman–Crippen LogP) is 3.28. The van der Waals surface area contributed by atoms with E-state index in [0.717, 1.165) is 18.4 Å². The topological polar surface area (TPSA) is 55.8 Å². The van der Waals surface area contributed by atoms with E-state index in [9.17, 15) is 9.59 Å². The van der Waals surface area contributed by atoms with Gasteiger partial charge in [-0.25, -0.2) is 0 Å². The molecule has 2 saturated heterocycles. The zero-order valence-corrected chi connectivity index (χ0v) is 15.9. The monoisotopic (exact) mass is 359 g/mol. The van der Waals surface area contributed by atoms with Gasteiger partial charge < -0.3 is 9.47 Å². The van der Waals surface area contributed by atoms with Crippen LogP contribution in [0.15, 0.2) is 30.3 Å². The maximum atomic E-state index is 12.8. The van der Waals surface area contributed by atoms with E-state index in [0.29, 0.717) is 18.1 Å². The molecule has 1 aromatic rings. The second-order valence-corrected chi connectivity index (χ2v) is 7.72. The minimum Gasteiger partial charge on any atom is -0.465 e. The van der Waals surface area contributed by atoms with E-state index in [1.54, 1.807) is 0 Å². The highest BCUT2D eigenvalue weighted by atomic mass is 16.6. The van der Waals surface area contributed by atoms with Crippen molar-refractivity contribution in [3.05, 3.63) is 35.9 Å². The number of piperidine rings is 1. The molecule has 0 amide bonds. The van der Waals surface area contributed by atoms with Gasteiger partial charge in [-0.15, -0.1) is 0 Å². The summed E-state index contributed by atoms with van der Waals surface area (Å²) in [4.78, 5) is 26.6. The van der Waals surface area contributed by atoms with Gasteiger partial charge in [-0.2, -0.15) is 0 Å². The first-order chi connectivity index (χ1) is 12.5. The largest absolute Gasteiger partial charge is 0.465 e. The predicted molar refractivity (Wildman–Crippen MR) is 98.7 cm³/mol. The quantitative estimate of drug-likeness (QED) is 0.730. The van der Waals surface area contributed by atoms with E-state index in [1.807, 2.05) is 30.3 Å². The van der Waals surface area contributed by atoms with Gasteiger partial charge >= 0.3 is 11.9 Å². The Labute approximate surface area is 155 Å². The van der Waals surface area contributed by atoms with Crippen molar-refractivity contribution in [2.45, 2.75) is 76.6 Å². The normalized spacial score (nSPS) is 26.5. The second-order valence-electron chi connectivity index (χ2n) is 7.72. The molecule has 1 unspecified atom stereocenters. The zero-order valence-electron chi connectivity index (χ0n) is 15.9. The van der Waals surface area contributed by atoms with Crippen molar-refractivity contribution in [1.82, 2.24) is 4.90 Å². The van der Waals surface area contributed by atoms with Crippen molar-refractivity contribution >= 4 is 11.9 Å². The molecule has 0 aliphatic carbocycles. The summed E-state index contributed by atoms with van der Waals surface area (Å²) in [7, 11) is 0. The van der Waals surface area contributed by atoms with Gasteiger partial charge in [0.15, 0.2) is 0 Å². The van der Waals surface area contributed by atoms with Crippen molar-refractivity contribution < 1.29 is 19.1 Å². The van der Waals surface area contributed by atoms with E-state index < -0.39 is 5.92 Å². The van der Waals surface area contributed by atoms with Crippen LogP contribution in [0.3, 0.4) is 0 Å². The highest BCUT2D eigenvalue weighted by Gasteiger charge is 2.43. The van der Waals surface area contributed by atoms with Crippen LogP contribution in [0.4, 0.5) is 0 Å². The molecule has 26 heavy (non-hydrogen) atoms. The molecule has 2 aliphatic rings. The molecule has 2 bridgehead atoms. The molecule has 2 heterocycles. The number of benzene rings is 1. The Morgan fingerprint density at radius 2 is 1.73 bits per heavy atom. The van der Waals surface area contributed by atoms with Crippen molar-refractivity contribution in [2.24, 2.45) is 0 Å². The molecular formula is C21H29NO4. The highest BCUT2D eigenvalue weighted by Crippen LogP contribution is 2.38. The maximum absolute atomic E-state index is 12.8. The molecule has 0 N–H and O–H groups in total. The smallest absolute Gasteiger partial charge is 0.317 e. The lowest BCUT2D eigenvalue weighted by molar-refractivity contribution is -0.158. The molecule has 5 nitrogen and oxygen atoms in total. The summed E-state index contributed by atoms with van der Waals surface area (Å²) in [6.07, 6.45) is 4.13. The van der Waals surface area contributed by atoms with Crippen LogP contribution in [-0.2, 0) is 19.1 Å². The van der Waals surface area contributed by atoms with Crippen molar-refractivity contribution in [2.75, 3.05) is 6.61 Å². The lowest BCUT2D eigenvalue weighted by Crippen LogP contribution is -2.49. The molecule has 3 rings (SSSR count). The SMILES string of the molecule is CC(=O)OC[C@@H](C(=O)OC1C[C@H]2CC[C@@H](C1)N2C(C)C)c1ccccc1. The van der Waals surface area contributed by atoms with Crippen LogP contribution in [0.2, 0.25) is 0 Å². The summed E-state index contributed by atoms with van der Waals surface area (Å²) in [5, 5.41) is 0. The Morgan fingerprint density at radius 3 is 2.27 bits per heavy atom. The van der Waals surface area contributed by atoms with Gasteiger partial charge in [-0.1, -0.05) is 30.3 Å². The third-order valence-corrected chi connectivity index (χ3v) is 5.57. The number of carbonyl (C=O) groups excluding carboxylic acids is 2. The van der Waals surface area contributed by atoms with Gasteiger partial charge in [0.2, 0.25) is 0 Å². The number of nitrogens with zero attached hydrogens (tertiary/aromatic N) is 1. The highest BCUT2D eigenvalue weighted by molar-refractivity contribution is 5.79. The van der Waals surface area contributed by atoms with Gasteiger partial charge in [0, 0.05) is 37.9 Å². The summed E-state index contributed by atoms with van der Waals surface area (Å²) >= 11 is 0. The van der Waals surface area contributed by atoms with Crippen LogP contribution in [0.25, 0.3) is 0 Å². The molecule has 2 fully saturated rings. The second kappa shape index (κ2) is 8.21. The fourth-order valence-corrected chi connectivity index (χ4v) is 4.54. The van der Waals surface area contributed by atoms with Gasteiger partial charge in [-0.3, -0.25) is 14.5 Å². The van der Waals surface area contributed by atoms with Crippen LogP contribution >= 0.6 is 0 Å². The molecule has 4 atom stereocenters. The molecular weight excluding hydrogens is 330 g/mol. The van der Waals surface area contributed by atoms with Gasteiger partial charge in [0.1, 0.15) is 18.6 Å². The van der Waals surface area contributed by atoms with Gasteiger partial charge in [0.25, 0.3) is 0 Å². The van der Waals surface area contributed by atoms with Gasteiger partial charge in [0.05, 0.1) is 0 Å². The number of rotatable bonds is 6. The maximum Gasteiger partial charge on any atom is 0.317 e. The minimum atomic E-state index is -0.569. The number of hydrogen-bond acceptors (Lipinski definition) is 5. The van der Waals surface area contributed by atoms with Crippen molar-refractivity contribution in [3.63, 3.8) is 0 Å². The lowest BCUT2D eigenvalue weighted by atomic mass is 9.97. The summed E-state index contributed by atoms with van der Waals surface area (Å²) in [5.41, 5.74) is 0.821. The third kappa shape index (κ3) is 4.26. The summed E-state index contributed by atoms with van der Waals surface area (Å²) in [5.74, 6) is -1.25. The number of fused-ring (bicyclic) bond motifs is 2. The Kier molecular flexibility index (Phi) is 5.97. The fourth-order valence-electron chi connectivity index (χ4n) is 4.54. The molecule has 0 radical (unpaired) electrons. The first-order valence-electron chi connectivity index (χ1n) is 9.62. The first kappa shape index (κ1) is 18.9. The van der Waals surface area contributed by atoms with Crippen LogP contribution < -0.4 is 0 Å². The minimum absolute atomic E-state index is 0.0237. The number of esters is 2. The van der Waals surface area contributed by atoms with Crippen LogP contribution in [0.5, 0.6) is 0 Å². The Bertz CT molecular complexity index is 616. The standard InChI is InChI=1S/C21H29NO4/c1-14(2)22-17-9-10-18(22)12-19(11-17)26-21(24)20(13-25-15(3)23)16-7-5-4-6-8-16/h4-8,14,17-20H,9-13H2,1-3H3/t17-,18+,19?,20-/m1/s1. The summed E-state index contributed by atoms with van der Waals surface area (Å²) in [6.45, 7) is 5.85. The van der Waals surface area contributed by atoms with Crippen molar-refractivity contribution in [1.29, 1.82) is 0 Å². The number of ether oxygens (including phenoxy) is 2. The first-order valence-corrected chi connectivity index (χ1v) is 9.62. The fraction of sp³-hybridized carbons (Fsp3) is 0.619. The van der Waals surface area contributed by atoms with E-state index in [-0.39, 0.29) is 24.6 Å². The zero-order chi connectivity index (χ0) is 18.7. The number of hydrogen-bond donors (Lipinski definition) is 0. The Morgan fingerprint density at radius 1 is 1.12 bits per heavy atom. The Balaban J connectivity index is 1.66. The Hall–Kier alpha value is -1.88. The molecule has 5 heteroatoms. The van der Waals surface area contributed by atoms with E-state index in [1.165, 1.54) is 19.8 Å². The molecule has 142 valence electrons. The van der Waals surface area contributed by atoms with Crippen LogP contribution in [0.1, 0.15) is 57.9 Å². The third-order valence-electron chi connectivity index (χ3n) is 5.57. The lowest BCUT2D eigenvalue weighted by Gasteiger charge is -2.41. The van der Waals surface area contributed by atoms with Crippen LogP contribution in [0, 0.1) is 0 Å².